The van der Waals surface area contributed by atoms with Gasteiger partial charge in [-0.2, -0.15) is 0 Å². The van der Waals surface area contributed by atoms with Crippen LogP contribution < -0.4 is 0 Å². The fourth-order valence-electron chi connectivity index (χ4n) is 1.28. The van der Waals surface area contributed by atoms with Gasteiger partial charge in [-0.05, 0) is 17.7 Å². The monoisotopic (exact) mass is 268 g/mol. The molecular weight excluding hydrogens is 257 g/mol. The minimum atomic E-state index is -3.09. The summed E-state index contributed by atoms with van der Waals surface area (Å²) in [6.45, 7) is 1.33. The Morgan fingerprint density at radius 3 is 2.50 bits per heavy atom. The summed E-state index contributed by atoms with van der Waals surface area (Å²) in [6, 6.07) is 4.56. The molecule has 0 aliphatic rings. The minimum absolute atomic E-state index is 0.184. The fourth-order valence-corrected chi connectivity index (χ4v) is 1.77. The summed E-state index contributed by atoms with van der Waals surface area (Å²) < 4.78 is 26.2. The average molecular weight is 269 g/mol. The molecule has 0 bridgehead atoms. The summed E-state index contributed by atoms with van der Waals surface area (Å²) in [7, 11) is 0. The maximum Gasteiger partial charge on any atom is 0.273 e. The van der Waals surface area contributed by atoms with Gasteiger partial charge in [0.15, 0.2) is 0 Å². The molecule has 1 atom stereocenters. The van der Waals surface area contributed by atoms with Crippen LogP contribution in [0.4, 0.5) is 8.78 Å². The maximum atomic E-state index is 13.1. The molecule has 1 N–H and O–H groups in total. The van der Waals surface area contributed by atoms with E-state index in [0.717, 1.165) is 0 Å². The zero-order valence-corrected chi connectivity index (χ0v) is 10.2. The van der Waals surface area contributed by atoms with Crippen LogP contribution in [0.3, 0.4) is 0 Å². The Balaban J connectivity index is 2.81. The van der Waals surface area contributed by atoms with E-state index in [1.165, 1.54) is 13.0 Å². The lowest BCUT2D eigenvalue weighted by Gasteiger charge is -2.21. The van der Waals surface area contributed by atoms with Gasteiger partial charge in [0.1, 0.15) is 6.10 Å². The van der Waals surface area contributed by atoms with Crippen molar-refractivity contribution >= 4 is 23.2 Å². The molecule has 5 heteroatoms. The molecule has 1 rings (SSSR count). The number of alkyl halides is 2. The average Bonchev–Trinajstić information content (AvgIpc) is 2.22. The Bertz CT molecular complexity index is 369. The molecule has 0 aromatic heterocycles. The summed E-state index contributed by atoms with van der Waals surface area (Å²) in [5, 5.41) is 10.1. The number of hydrogen-bond acceptors (Lipinski definition) is 1. The maximum absolute atomic E-state index is 13.1. The van der Waals surface area contributed by atoms with E-state index >= 15 is 0 Å². The second kappa shape index (κ2) is 5.30. The van der Waals surface area contributed by atoms with Gasteiger partial charge in [0.05, 0.1) is 0 Å². The second-order valence-electron chi connectivity index (χ2n) is 3.57. The number of aliphatic hydroxyl groups is 1. The molecule has 0 radical (unpaired) electrons. The van der Waals surface area contributed by atoms with Gasteiger partial charge >= 0.3 is 0 Å². The quantitative estimate of drug-likeness (QED) is 0.877. The first-order valence-electron chi connectivity index (χ1n) is 4.86. The van der Waals surface area contributed by atoms with Crippen LogP contribution in [0.15, 0.2) is 18.2 Å². The lowest BCUT2D eigenvalue weighted by Crippen LogP contribution is -2.34. The number of halogens is 4. The molecule has 0 fully saturated rings. The molecule has 0 saturated heterocycles. The van der Waals surface area contributed by atoms with Crippen LogP contribution in [0.2, 0.25) is 10.0 Å². The Morgan fingerprint density at radius 1 is 1.38 bits per heavy atom. The highest BCUT2D eigenvalue weighted by molar-refractivity contribution is 6.35. The van der Waals surface area contributed by atoms with Gasteiger partial charge in [0, 0.05) is 22.9 Å². The van der Waals surface area contributed by atoms with E-state index in [4.69, 9.17) is 23.2 Å². The molecule has 0 aliphatic carbocycles. The highest BCUT2D eigenvalue weighted by Crippen LogP contribution is 2.28. The summed E-state index contributed by atoms with van der Waals surface area (Å²) in [4.78, 5) is 0. The largest absolute Gasteiger partial charge is 0.387 e. The predicted molar refractivity (Wildman–Crippen MR) is 61.4 cm³/mol. The van der Waals surface area contributed by atoms with E-state index in [9.17, 15) is 13.9 Å². The molecule has 0 aliphatic heterocycles. The highest BCUT2D eigenvalue weighted by atomic mass is 35.5. The Hall–Kier alpha value is -0.380. The molecule has 1 aromatic carbocycles. The molecule has 90 valence electrons. The molecular formula is C11H12Cl2F2O. The highest BCUT2D eigenvalue weighted by Gasteiger charge is 2.36. The molecule has 0 amide bonds. The number of benzene rings is 1. The van der Waals surface area contributed by atoms with Crippen molar-refractivity contribution in [3.05, 3.63) is 33.8 Å². The first kappa shape index (κ1) is 13.7. The smallest absolute Gasteiger partial charge is 0.273 e. The van der Waals surface area contributed by atoms with E-state index < -0.39 is 18.4 Å². The predicted octanol–water partition coefficient (Wildman–Crippen LogP) is 3.94. The van der Waals surface area contributed by atoms with Gasteiger partial charge in [0.2, 0.25) is 0 Å². The molecule has 0 saturated carbocycles. The Morgan fingerprint density at radius 2 is 2.00 bits per heavy atom. The van der Waals surface area contributed by atoms with Crippen LogP contribution in [0.5, 0.6) is 0 Å². The molecule has 0 heterocycles. The summed E-state index contributed by atoms with van der Waals surface area (Å²) in [5.74, 6) is -3.09. The topological polar surface area (TPSA) is 20.2 Å². The van der Waals surface area contributed by atoms with Gasteiger partial charge < -0.3 is 5.11 Å². The van der Waals surface area contributed by atoms with E-state index in [0.29, 0.717) is 15.6 Å². The van der Waals surface area contributed by atoms with Crippen molar-refractivity contribution in [3.8, 4) is 0 Å². The van der Waals surface area contributed by atoms with Gasteiger partial charge in [0.25, 0.3) is 5.92 Å². The van der Waals surface area contributed by atoms with Crippen molar-refractivity contribution < 1.29 is 13.9 Å². The van der Waals surface area contributed by atoms with Crippen LogP contribution in [-0.4, -0.2) is 17.1 Å². The molecule has 16 heavy (non-hydrogen) atoms. The van der Waals surface area contributed by atoms with Gasteiger partial charge in [-0.15, -0.1) is 0 Å². The SMILES string of the molecule is CCC(F)(F)C(O)Cc1ccc(Cl)cc1Cl. The van der Waals surface area contributed by atoms with E-state index in [-0.39, 0.29) is 6.42 Å². The summed E-state index contributed by atoms with van der Waals surface area (Å²) in [5.41, 5.74) is 0.465. The standard InChI is InChI=1S/C11H12Cl2F2O/c1-2-11(14,15)10(16)5-7-3-4-8(12)6-9(7)13/h3-4,6,10,16H,2,5H2,1H3. The molecule has 0 spiro atoms. The van der Waals surface area contributed by atoms with Crippen molar-refractivity contribution in [1.29, 1.82) is 0 Å². The van der Waals surface area contributed by atoms with Crippen molar-refractivity contribution in [2.75, 3.05) is 0 Å². The summed E-state index contributed by atoms with van der Waals surface area (Å²) >= 11 is 11.5. The zero-order chi connectivity index (χ0) is 12.3. The van der Waals surface area contributed by atoms with Crippen LogP contribution in [0, 0.1) is 0 Å². The number of rotatable bonds is 4. The van der Waals surface area contributed by atoms with Crippen LogP contribution in [0.1, 0.15) is 18.9 Å². The minimum Gasteiger partial charge on any atom is -0.387 e. The van der Waals surface area contributed by atoms with Gasteiger partial charge in [-0.25, -0.2) is 8.78 Å². The third-order valence-corrected chi connectivity index (χ3v) is 2.97. The molecule has 1 aromatic rings. The van der Waals surface area contributed by atoms with E-state index in [1.807, 2.05) is 0 Å². The third kappa shape index (κ3) is 3.30. The first-order valence-corrected chi connectivity index (χ1v) is 5.62. The molecule has 1 unspecified atom stereocenters. The van der Waals surface area contributed by atoms with Crippen molar-refractivity contribution in [3.63, 3.8) is 0 Å². The third-order valence-electron chi connectivity index (χ3n) is 2.39. The van der Waals surface area contributed by atoms with Crippen molar-refractivity contribution in [2.45, 2.75) is 31.8 Å². The van der Waals surface area contributed by atoms with E-state index in [2.05, 4.69) is 0 Å². The van der Waals surface area contributed by atoms with Crippen LogP contribution in [-0.2, 0) is 6.42 Å². The van der Waals surface area contributed by atoms with Gasteiger partial charge in [-0.3, -0.25) is 0 Å². The second-order valence-corrected chi connectivity index (χ2v) is 4.41. The van der Waals surface area contributed by atoms with E-state index in [1.54, 1.807) is 12.1 Å². The van der Waals surface area contributed by atoms with Crippen molar-refractivity contribution in [2.24, 2.45) is 0 Å². The van der Waals surface area contributed by atoms with Gasteiger partial charge in [-0.1, -0.05) is 36.2 Å². The normalized spacial score (nSPS) is 13.9. The zero-order valence-electron chi connectivity index (χ0n) is 8.68. The Kier molecular flexibility index (Phi) is 4.53. The first-order chi connectivity index (χ1) is 7.36. The number of hydrogen-bond donors (Lipinski definition) is 1. The van der Waals surface area contributed by atoms with Crippen LogP contribution in [0.25, 0.3) is 0 Å². The Labute approximate surface area is 103 Å². The van der Waals surface area contributed by atoms with Crippen LogP contribution >= 0.6 is 23.2 Å². The summed E-state index contributed by atoms with van der Waals surface area (Å²) in [6.07, 6.45) is -2.31. The van der Waals surface area contributed by atoms with Crippen molar-refractivity contribution in [1.82, 2.24) is 0 Å². The fraction of sp³-hybridized carbons (Fsp3) is 0.455. The lowest BCUT2D eigenvalue weighted by molar-refractivity contribution is -0.109. The number of aliphatic hydroxyl groups excluding tert-OH is 1. The molecule has 1 nitrogen and oxygen atoms in total. The lowest BCUT2D eigenvalue weighted by atomic mass is 10.0.